The third-order valence-corrected chi connectivity index (χ3v) is 2.24. The Balaban J connectivity index is 2.19. The van der Waals surface area contributed by atoms with Gasteiger partial charge in [-0.15, -0.1) is 0 Å². The summed E-state index contributed by atoms with van der Waals surface area (Å²) in [6, 6.07) is 9.97. The summed E-state index contributed by atoms with van der Waals surface area (Å²) >= 11 is 0. The van der Waals surface area contributed by atoms with E-state index < -0.39 is 6.10 Å². The van der Waals surface area contributed by atoms with Crippen LogP contribution in [-0.4, -0.2) is 23.7 Å². The van der Waals surface area contributed by atoms with Crippen LogP contribution >= 0.6 is 0 Å². The lowest BCUT2D eigenvalue weighted by Gasteiger charge is -2.05. The number of aliphatic hydroxyl groups excluding tert-OH is 1. The smallest absolute Gasteiger partial charge is 0.220 e. The molecule has 1 unspecified atom stereocenters. The van der Waals surface area contributed by atoms with E-state index in [-0.39, 0.29) is 5.91 Å². The molecule has 17 heavy (non-hydrogen) atoms. The highest BCUT2D eigenvalue weighted by molar-refractivity contribution is 5.76. The Bertz CT molecular complexity index is 358. The largest absolute Gasteiger partial charge is 0.392 e. The van der Waals surface area contributed by atoms with Gasteiger partial charge in [-0.1, -0.05) is 42.5 Å². The fourth-order valence-corrected chi connectivity index (χ4v) is 1.35. The van der Waals surface area contributed by atoms with Gasteiger partial charge in [0, 0.05) is 13.0 Å². The molecule has 0 aliphatic carbocycles. The van der Waals surface area contributed by atoms with Gasteiger partial charge in [-0.3, -0.25) is 4.79 Å². The maximum Gasteiger partial charge on any atom is 0.220 e. The standard InChI is InChI=1S/C14H19NO2/c1-12(16)11-15-14(17)10-6-5-9-13-7-3-2-4-8-13/h2-5,7-9,12,16H,6,10-11H2,1H3,(H,15,17)/b9-5+. The molecule has 1 aromatic rings. The van der Waals surface area contributed by atoms with Crippen molar-refractivity contribution in [1.29, 1.82) is 0 Å². The predicted molar refractivity (Wildman–Crippen MR) is 69.4 cm³/mol. The molecular formula is C14H19NO2. The molecule has 1 atom stereocenters. The highest BCUT2D eigenvalue weighted by atomic mass is 16.3. The van der Waals surface area contributed by atoms with Gasteiger partial charge in [0.2, 0.25) is 5.91 Å². The summed E-state index contributed by atoms with van der Waals surface area (Å²) in [6.45, 7) is 1.97. The van der Waals surface area contributed by atoms with Crippen molar-refractivity contribution in [2.75, 3.05) is 6.54 Å². The first-order valence-electron chi connectivity index (χ1n) is 5.85. The molecule has 3 nitrogen and oxygen atoms in total. The SMILES string of the molecule is CC(O)CNC(=O)CC/C=C/c1ccccc1. The van der Waals surface area contributed by atoms with Crippen molar-refractivity contribution in [3.05, 3.63) is 42.0 Å². The van der Waals surface area contributed by atoms with E-state index in [0.29, 0.717) is 19.4 Å². The third kappa shape index (κ3) is 6.53. The van der Waals surface area contributed by atoms with E-state index >= 15 is 0 Å². The quantitative estimate of drug-likeness (QED) is 0.789. The molecular weight excluding hydrogens is 214 g/mol. The fraction of sp³-hybridized carbons (Fsp3) is 0.357. The predicted octanol–water partition coefficient (Wildman–Crippen LogP) is 1.98. The van der Waals surface area contributed by atoms with E-state index in [2.05, 4.69) is 5.32 Å². The Morgan fingerprint density at radius 1 is 1.41 bits per heavy atom. The van der Waals surface area contributed by atoms with Crippen LogP contribution in [0.1, 0.15) is 25.3 Å². The number of carbonyl (C=O) groups is 1. The first-order chi connectivity index (χ1) is 8.18. The van der Waals surface area contributed by atoms with E-state index in [9.17, 15) is 4.79 Å². The zero-order valence-corrected chi connectivity index (χ0v) is 10.1. The average Bonchev–Trinajstić information content (AvgIpc) is 2.33. The van der Waals surface area contributed by atoms with Crippen LogP contribution in [0.4, 0.5) is 0 Å². The molecule has 2 N–H and O–H groups in total. The van der Waals surface area contributed by atoms with Gasteiger partial charge in [0.25, 0.3) is 0 Å². The molecule has 0 aliphatic heterocycles. The minimum absolute atomic E-state index is 0.0244. The minimum atomic E-state index is -0.487. The van der Waals surface area contributed by atoms with Crippen LogP contribution < -0.4 is 5.32 Å². The second kappa shape index (κ2) is 7.63. The summed E-state index contributed by atoms with van der Waals surface area (Å²) in [5.41, 5.74) is 1.14. The zero-order valence-electron chi connectivity index (χ0n) is 10.1. The highest BCUT2D eigenvalue weighted by Gasteiger charge is 2.00. The maximum atomic E-state index is 11.3. The van der Waals surface area contributed by atoms with Crippen molar-refractivity contribution >= 4 is 12.0 Å². The highest BCUT2D eigenvalue weighted by Crippen LogP contribution is 2.02. The summed E-state index contributed by atoms with van der Waals surface area (Å²) in [4.78, 5) is 11.3. The molecule has 0 aliphatic rings. The first kappa shape index (κ1) is 13.5. The number of hydrogen-bond donors (Lipinski definition) is 2. The van der Waals surface area contributed by atoms with Gasteiger partial charge < -0.3 is 10.4 Å². The van der Waals surface area contributed by atoms with Crippen molar-refractivity contribution in [3.8, 4) is 0 Å². The summed E-state index contributed by atoms with van der Waals surface area (Å²) < 4.78 is 0. The van der Waals surface area contributed by atoms with Crippen molar-refractivity contribution in [1.82, 2.24) is 5.32 Å². The van der Waals surface area contributed by atoms with Crippen LogP contribution in [0.15, 0.2) is 36.4 Å². The van der Waals surface area contributed by atoms with Crippen LogP contribution in [-0.2, 0) is 4.79 Å². The normalized spacial score (nSPS) is 12.6. The van der Waals surface area contributed by atoms with E-state index in [1.165, 1.54) is 0 Å². The Hall–Kier alpha value is -1.61. The summed E-state index contributed by atoms with van der Waals surface area (Å²) in [5, 5.41) is 11.7. The molecule has 0 saturated heterocycles. The molecule has 3 heteroatoms. The number of allylic oxidation sites excluding steroid dienone is 1. The number of aliphatic hydroxyl groups is 1. The molecule has 1 amide bonds. The lowest BCUT2D eigenvalue weighted by molar-refractivity contribution is -0.121. The maximum absolute atomic E-state index is 11.3. The van der Waals surface area contributed by atoms with Gasteiger partial charge in [0.05, 0.1) is 6.10 Å². The topological polar surface area (TPSA) is 49.3 Å². The molecule has 1 rings (SSSR count). The number of amides is 1. The van der Waals surface area contributed by atoms with Gasteiger partial charge in [0.1, 0.15) is 0 Å². The Morgan fingerprint density at radius 3 is 2.76 bits per heavy atom. The van der Waals surface area contributed by atoms with Crippen molar-refractivity contribution in [2.45, 2.75) is 25.9 Å². The van der Waals surface area contributed by atoms with Gasteiger partial charge in [-0.2, -0.15) is 0 Å². The summed E-state index contributed by atoms with van der Waals surface area (Å²) in [7, 11) is 0. The Labute approximate surface area is 102 Å². The van der Waals surface area contributed by atoms with Crippen LogP contribution in [0.2, 0.25) is 0 Å². The first-order valence-corrected chi connectivity index (χ1v) is 5.85. The molecule has 92 valence electrons. The number of hydrogen-bond acceptors (Lipinski definition) is 2. The Morgan fingerprint density at radius 2 is 2.12 bits per heavy atom. The summed E-state index contributed by atoms with van der Waals surface area (Å²) in [5.74, 6) is -0.0244. The third-order valence-electron chi connectivity index (χ3n) is 2.24. The molecule has 1 aromatic carbocycles. The molecule has 0 radical (unpaired) electrons. The Kier molecular flexibility index (Phi) is 6.04. The number of nitrogens with one attached hydrogen (secondary N) is 1. The van der Waals surface area contributed by atoms with Gasteiger partial charge in [0.15, 0.2) is 0 Å². The number of rotatable bonds is 6. The summed E-state index contributed by atoms with van der Waals surface area (Å²) in [6.07, 6.45) is 4.66. The molecule has 0 fully saturated rings. The molecule has 0 bridgehead atoms. The van der Waals surface area contributed by atoms with Crippen LogP contribution in [0.25, 0.3) is 6.08 Å². The monoisotopic (exact) mass is 233 g/mol. The van der Waals surface area contributed by atoms with Gasteiger partial charge in [-0.25, -0.2) is 0 Å². The minimum Gasteiger partial charge on any atom is -0.392 e. The second-order valence-corrected chi connectivity index (χ2v) is 4.00. The lowest BCUT2D eigenvalue weighted by atomic mass is 10.2. The number of carbonyl (C=O) groups excluding carboxylic acids is 1. The van der Waals surface area contributed by atoms with E-state index in [0.717, 1.165) is 5.56 Å². The van der Waals surface area contributed by atoms with Crippen molar-refractivity contribution in [2.24, 2.45) is 0 Å². The van der Waals surface area contributed by atoms with Crippen molar-refractivity contribution in [3.63, 3.8) is 0 Å². The molecule has 0 saturated carbocycles. The lowest BCUT2D eigenvalue weighted by Crippen LogP contribution is -2.30. The van der Waals surface area contributed by atoms with Crippen LogP contribution in [0.5, 0.6) is 0 Å². The molecule has 0 spiro atoms. The van der Waals surface area contributed by atoms with E-state index in [4.69, 9.17) is 5.11 Å². The zero-order chi connectivity index (χ0) is 12.5. The van der Waals surface area contributed by atoms with Crippen LogP contribution in [0, 0.1) is 0 Å². The van der Waals surface area contributed by atoms with Crippen molar-refractivity contribution < 1.29 is 9.90 Å². The van der Waals surface area contributed by atoms with Gasteiger partial charge >= 0.3 is 0 Å². The van der Waals surface area contributed by atoms with E-state index in [1.54, 1.807) is 6.92 Å². The average molecular weight is 233 g/mol. The molecule has 0 aromatic heterocycles. The fourth-order valence-electron chi connectivity index (χ4n) is 1.35. The van der Waals surface area contributed by atoms with E-state index in [1.807, 2.05) is 42.5 Å². The second-order valence-electron chi connectivity index (χ2n) is 4.00. The number of benzene rings is 1. The van der Waals surface area contributed by atoms with Crippen LogP contribution in [0.3, 0.4) is 0 Å². The van der Waals surface area contributed by atoms with Gasteiger partial charge in [-0.05, 0) is 18.9 Å². The molecule has 0 heterocycles.